The van der Waals surface area contributed by atoms with Gasteiger partial charge in [-0.25, -0.2) is 0 Å². The molecule has 4 atom stereocenters. The zero-order valence-corrected chi connectivity index (χ0v) is 6.15. The lowest BCUT2D eigenvalue weighted by Crippen LogP contribution is -2.51. The van der Waals surface area contributed by atoms with Gasteiger partial charge < -0.3 is 0 Å². The van der Waals surface area contributed by atoms with E-state index in [1.807, 2.05) is 0 Å². The fourth-order valence-electron chi connectivity index (χ4n) is 3.22. The second kappa shape index (κ2) is 0.878. The summed E-state index contributed by atoms with van der Waals surface area (Å²) in [6, 6.07) is 1.00. The lowest BCUT2D eigenvalue weighted by molar-refractivity contribution is 0.0435. The standard InChI is InChI=1S/C8H13N/c1-7-4-3-6-8(7,2)9(6)5-7/h6H,3-5H2,1-2H3. The van der Waals surface area contributed by atoms with Crippen LogP contribution in [0.4, 0.5) is 0 Å². The number of nitrogens with zero attached hydrogens (tertiary/aromatic N) is 1. The molecule has 0 N–H and O–H groups in total. The molecule has 0 aromatic rings. The molecule has 0 aromatic heterocycles. The van der Waals surface area contributed by atoms with Crippen LogP contribution in [0.25, 0.3) is 0 Å². The minimum atomic E-state index is 0.688. The van der Waals surface area contributed by atoms with Gasteiger partial charge in [-0.15, -0.1) is 0 Å². The predicted octanol–water partition coefficient (Wildman–Crippen LogP) is 1.24. The van der Waals surface area contributed by atoms with E-state index >= 15 is 0 Å². The van der Waals surface area contributed by atoms with Gasteiger partial charge in [0.05, 0.1) is 0 Å². The van der Waals surface area contributed by atoms with E-state index in [2.05, 4.69) is 18.7 Å². The number of fused-ring (bicyclic) bond motifs is 1. The molecule has 3 aliphatic rings. The Morgan fingerprint density at radius 3 is 2.33 bits per heavy atom. The third kappa shape index (κ3) is 0.245. The Hall–Kier alpha value is -0.0400. The van der Waals surface area contributed by atoms with Crippen LogP contribution in [-0.2, 0) is 0 Å². The highest BCUT2D eigenvalue weighted by atomic mass is 15.5. The molecular formula is C8H13N. The van der Waals surface area contributed by atoms with Crippen molar-refractivity contribution in [2.75, 3.05) is 6.54 Å². The lowest BCUT2D eigenvalue weighted by Gasteiger charge is -2.44. The lowest BCUT2D eigenvalue weighted by atomic mass is 9.73. The van der Waals surface area contributed by atoms with Gasteiger partial charge in [0.1, 0.15) is 0 Å². The summed E-state index contributed by atoms with van der Waals surface area (Å²) in [4.78, 5) is 2.65. The van der Waals surface area contributed by atoms with Crippen molar-refractivity contribution in [1.82, 2.24) is 4.90 Å². The van der Waals surface area contributed by atoms with Gasteiger partial charge in [0.15, 0.2) is 0 Å². The van der Waals surface area contributed by atoms with Crippen molar-refractivity contribution >= 4 is 0 Å². The summed E-state index contributed by atoms with van der Waals surface area (Å²) in [6.45, 7) is 6.29. The fourth-order valence-corrected chi connectivity index (χ4v) is 3.22. The Labute approximate surface area is 56.0 Å². The molecule has 50 valence electrons. The summed E-state index contributed by atoms with van der Waals surface area (Å²) in [5, 5.41) is 0. The van der Waals surface area contributed by atoms with E-state index in [0.717, 1.165) is 11.5 Å². The minimum Gasteiger partial charge on any atom is -0.290 e. The first-order chi connectivity index (χ1) is 4.18. The Morgan fingerprint density at radius 1 is 1.44 bits per heavy atom. The van der Waals surface area contributed by atoms with Crippen LogP contribution in [0.3, 0.4) is 0 Å². The van der Waals surface area contributed by atoms with E-state index in [9.17, 15) is 0 Å². The summed E-state index contributed by atoms with van der Waals surface area (Å²) >= 11 is 0. The quantitative estimate of drug-likeness (QED) is 0.438. The molecule has 0 bridgehead atoms. The minimum absolute atomic E-state index is 0.688. The van der Waals surface area contributed by atoms with Gasteiger partial charge in [-0.2, -0.15) is 0 Å². The van der Waals surface area contributed by atoms with Crippen LogP contribution in [0.5, 0.6) is 0 Å². The fraction of sp³-hybridized carbons (Fsp3) is 1.00. The maximum absolute atomic E-state index is 2.65. The summed E-state index contributed by atoms with van der Waals surface area (Å²) in [5.74, 6) is 0. The summed E-state index contributed by atoms with van der Waals surface area (Å²) in [6.07, 6.45) is 2.97. The topological polar surface area (TPSA) is 3.01 Å². The van der Waals surface area contributed by atoms with E-state index < -0.39 is 0 Å². The summed E-state index contributed by atoms with van der Waals surface area (Å²) < 4.78 is 0. The van der Waals surface area contributed by atoms with E-state index in [1.54, 1.807) is 0 Å². The van der Waals surface area contributed by atoms with Crippen LogP contribution in [-0.4, -0.2) is 23.0 Å². The van der Waals surface area contributed by atoms with Crippen molar-refractivity contribution in [2.45, 2.75) is 38.3 Å². The molecule has 2 heterocycles. The van der Waals surface area contributed by atoms with Crippen molar-refractivity contribution in [3.8, 4) is 0 Å². The molecule has 0 aromatic carbocycles. The van der Waals surface area contributed by atoms with Crippen LogP contribution in [0.15, 0.2) is 0 Å². The van der Waals surface area contributed by atoms with Crippen molar-refractivity contribution in [3.63, 3.8) is 0 Å². The number of rotatable bonds is 0. The Morgan fingerprint density at radius 2 is 2.22 bits per heavy atom. The molecule has 1 heteroatoms. The second-order valence-electron chi connectivity index (χ2n) is 4.39. The van der Waals surface area contributed by atoms with Gasteiger partial charge in [-0.3, -0.25) is 4.90 Å². The normalized spacial score (nSPS) is 75.3. The molecule has 2 aliphatic heterocycles. The Balaban J connectivity index is 2.12. The molecule has 0 spiro atoms. The first-order valence-electron chi connectivity index (χ1n) is 3.95. The molecule has 4 unspecified atom stereocenters. The predicted molar refractivity (Wildman–Crippen MR) is 36.2 cm³/mol. The van der Waals surface area contributed by atoms with Crippen LogP contribution in [0, 0.1) is 5.41 Å². The van der Waals surface area contributed by atoms with E-state index in [1.165, 1.54) is 19.4 Å². The molecule has 2 saturated heterocycles. The summed E-state index contributed by atoms with van der Waals surface area (Å²) in [7, 11) is 0. The van der Waals surface area contributed by atoms with Gasteiger partial charge in [0, 0.05) is 18.1 Å². The molecule has 9 heavy (non-hydrogen) atoms. The van der Waals surface area contributed by atoms with E-state index in [4.69, 9.17) is 0 Å². The third-order valence-electron chi connectivity index (χ3n) is 4.26. The second-order valence-corrected chi connectivity index (χ2v) is 4.39. The van der Waals surface area contributed by atoms with Crippen LogP contribution < -0.4 is 0 Å². The molecule has 3 rings (SSSR count). The van der Waals surface area contributed by atoms with E-state index in [0.29, 0.717) is 5.54 Å². The molecule has 0 radical (unpaired) electrons. The Kier molecular flexibility index (Phi) is 0.461. The molecular weight excluding hydrogens is 110 g/mol. The van der Waals surface area contributed by atoms with Crippen LogP contribution in [0.2, 0.25) is 0 Å². The molecule has 3 fully saturated rings. The highest BCUT2D eigenvalue weighted by Gasteiger charge is 2.80. The maximum Gasteiger partial charge on any atom is 0.0406 e. The van der Waals surface area contributed by atoms with Crippen molar-refractivity contribution < 1.29 is 0 Å². The van der Waals surface area contributed by atoms with Crippen LogP contribution in [0.1, 0.15) is 26.7 Å². The van der Waals surface area contributed by atoms with E-state index in [-0.39, 0.29) is 0 Å². The largest absolute Gasteiger partial charge is 0.290 e. The number of hydrogen-bond acceptors (Lipinski definition) is 1. The van der Waals surface area contributed by atoms with Gasteiger partial charge >= 0.3 is 0 Å². The van der Waals surface area contributed by atoms with Gasteiger partial charge in [-0.1, -0.05) is 6.92 Å². The molecule has 1 nitrogen and oxygen atoms in total. The molecule has 1 saturated carbocycles. The highest BCUT2D eigenvalue weighted by Crippen LogP contribution is 2.71. The molecule has 0 amide bonds. The zero-order chi connectivity index (χ0) is 6.28. The Bertz CT molecular complexity index is 183. The number of hydrogen-bond donors (Lipinski definition) is 0. The van der Waals surface area contributed by atoms with Gasteiger partial charge in [0.25, 0.3) is 0 Å². The highest BCUT2D eigenvalue weighted by molar-refractivity contribution is 5.35. The maximum atomic E-state index is 2.65. The first kappa shape index (κ1) is 4.73. The smallest absolute Gasteiger partial charge is 0.0406 e. The number of piperidine rings is 2. The first-order valence-corrected chi connectivity index (χ1v) is 3.95. The average Bonchev–Trinajstić information content (AvgIpc) is 2.25. The summed E-state index contributed by atoms with van der Waals surface area (Å²) in [5.41, 5.74) is 1.42. The van der Waals surface area contributed by atoms with Crippen molar-refractivity contribution in [3.05, 3.63) is 0 Å². The van der Waals surface area contributed by atoms with Gasteiger partial charge in [0.2, 0.25) is 0 Å². The monoisotopic (exact) mass is 123 g/mol. The van der Waals surface area contributed by atoms with Crippen molar-refractivity contribution in [2.24, 2.45) is 5.41 Å². The third-order valence-corrected chi connectivity index (χ3v) is 4.26. The van der Waals surface area contributed by atoms with Crippen LogP contribution >= 0.6 is 0 Å². The average molecular weight is 123 g/mol. The molecule has 1 aliphatic carbocycles. The SMILES string of the molecule is CC12CCC3N(C1)C32C. The zero-order valence-electron chi connectivity index (χ0n) is 6.15. The van der Waals surface area contributed by atoms with Gasteiger partial charge in [-0.05, 0) is 25.2 Å². The van der Waals surface area contributed by atoms with Crippen molar-refractivity contribution in [1.29, 1.82) is 0 Å².